The predicted octanol–water partition coefficient (Wildman–Crippen LogP) is 3.97. The Morgan fingerprint density at radius 2 is 1.68 bits per heavy atom. The lowest BCUT2D eigenvalue weighted by Crippen LogP contribution is -2.17. The van der Waals surface area contributed by atoms with Crippen molar-refractivity contribution in [2.45, 2.75) is 25.7 Å². The number of carbonyl (C=O) groups excluding carboxylic acids is 3. The molecule has 0 spiro atoms. The number of esters is 2. The first-order valence-electron chi connectivity index (χ1n) is 8.75. The second-order valence-corrected chi connectivity index (χ2v) is 6.86. The summed E-state index contributed by atoms with van der Waals surface area (Å²) in [6, 6.07) is 7.68. The number of benzene rings is 1. The normalized spacial score (nSPS) is 10.9. The van der Waals surface area contributed by atoms with Crippen LogP contribution in [-0.2, 0) is 14.3 Å². The Kier molecular flexibility index (Phi) is 7.63. The summed E-state index contributed by atoms with van der Waals surface area (Å²) in [6.07, 6.45) is 4.87. The van der Waals surface area contributed by atoms with Crippen molar-refractivity contribution in [3.63, 3.8) is 0 Å². The zero-order valence-corrected chi connectivity index (χ0v) is 17.1. The first-order chi connectivity index (χ1) is 13.4. The molecule has 0 radical (unpaired) electrons. The fraction of sp³-hybridized carbons (Fsp3) is 0.286. The van der Waals surface area contributed by atoms with Crippen molar-refractivity contribution in [2.24, 2.45) is 0 Å². The van der Waals surface area contributed by atoms with E-state index in [1.54, 1.807) is 38.6 Å². The topological polar surface area (TPSA) is 85.5 Å². The Balaban J connectivity index is 2.02. The van der Waals surface area contributed by atoms with Crippen molar-refractivity contribution < 1.29 is 23.9 Å². The molecule has 2 aromatic rings. The molecule has 6 nitrogen and oxygen atoms in total. The van der Waals surface area contributed by atoms with Gasteiger partial charge in [0.2, 0.25) is 5.78 Å². The molecule has 1 aromatic heterocycles. The van der Waals surface area contributed by atoms with Crippen molar-refractivity contribution >= 4 is 35.6 Å². The number of nitrogens with one attached hydrogen (secondary N) is 1. The Morgan fingerprint density at radius 3 is 2.29 bits per heavy atom. The monoisotopic (exact) mass is 401 g/mol. The van der Waals surface area contributed by atoms with Crippen molar-refractivity contribution in [1.82, 2.24) is 4.98 Å². The number of ketones is 1. The van der Waals surface area contributed by atoms with Crippen LogP contribution in [0.5, 0.6) is 0 Å². The Bertz CT molecular complexity index is 896. The second-order valence-electron chi connectivity index (χ2n) is 5.98. The number of hydrogen-bond donors (Lipinski definition) is 1. The first-order valence-corrected chi connectivity index (χ1v) is 9.98. The second kappa shape index (κ2) is 9.94. The molecule has 2 rings (SSSR count). The molecule has 0 aliphatic rings. The van der Waals surface area contributed by atoms with E-state index in [-0.39, 0.29) is 17.7 Å². The number of H-pyrrole nitrogens is 1. The quantitative estimate of drug-likeness (QED) is 0.312. The fourth-order valence-corrected chi connectivity index (χ4v) is 3.13. The van der Waals surface area contributed by atoms with Gasteiger partial charge in [-0.15, -0.1) is 11.8 Å². The van der Waals surface area contributed by atoms with Gasteiger partial charge in [0.15, 0.2) is 6.61 Å². The van der Waals surface area contributed by atoms with Gasteiger partial charge in [-0.2, -0.15) is 0 Å². The smallest absolute Gasteiger partial charge is 0.340 e. The van der Waals surface area contributed by atoms with Gasteiger partial charge in [-0.25, -0.2) is 9.59 Å². The summed E-state index contributed by atoms with van der Waals surface area (Å²) in [5.74, 6) is -1.67. The van der Waals surface area contributed by atoms with Gasteiger partial charge in [0.1, 0.15) is 0 Å². The van der Waals surface area contributed by atoms with Crippen molar-refractivity contribution in [1.29, 1.82) is 0 Å². The highest BCUT2D eigenvalue weighted by atomic mass is 32.2. The van der Waals surface area contributed by atoms with Crippen molar-refractivity contribution in [3.8, 4) is 0 Å². The van der Waals surface area contributed by atoms with Crippen LogP contribution in [0, 0.1) is 13.8 Å². The molecule has 1 N–H and O–H groups in total. The SMILES string of the molecule is CCOC(=O)c1c(C)[nH]c(C)c1C(=O)COC(=O)/C=C/c1ccc(SC)cc1. The van der Waals surface area contributed by atoms with Crippen LogP contribution in [0.4, 0.5) is 0 Å². The van der Waals surface area contributed by atoms with Crippen LogP contribution >= 0.6 is 11.8 Å². The molecule has 0 saturated carbocycles. The molecular weight excluding hydrogens is 378 g/mol. The summed E-state index contributed by atoms with van der Waals surface area (Å²) in [7, 11) is 0. The molecule has 0 amide bonds. The van der Waals surface area contributed by atoms with Crippen LogP contribution < -0.4 is 0 Å². The number of aryl methyl sites for hydroxylation is 2. The number of Topliss-reactive ketones (excluding diaryl/α,β-unsaturated/α-hetero) is 1. The highest BCUT2D eigenvalue weighted by molar-refractivity contribution is 7.98. The van der Waals surface area contributed by atoms with Crippen molar-refractivity contribution in [3.05, 3.63) is 58.4 Å². The van der Waals surface area contributed by atoms with Crippen LogP contribution in [0.15, 0.2) is 35.2 Å². The molecule has 1 aromatic carbocycles. The molecule has 0 fully saturated rings. The van der Waals surface area contributed by atoms with Gasteiger partial charge in [-0.1, -0.05) is 12.1 Å². The molecule has 28 heavy (non-hydrogen) atoms. The van der Waals surface area contributed by atoms with Gasteiger partial charge < -0.3 is 14.5 Å². The number of rotatable bonds is 8. The number of carbonyl (C=O) groups is 3. The zero-order valence-electron chi connectivity index (χ0n) is 16.3. The third-order valence-electron chi connectivity index (χ3n) is 4.01. The lowest BCUT2D eigenvalue weighted by molar-refractivity contribution is -0.136. The number of aromatic nitrogens is 1. The minimum absolute atomic E-state index is 0.185. The Morgan fingerprint density at radius 1 is 1.04 bits per heavy atom. The maximum atomic E-state index is 12.5. The van der Waals surface area contributed by atoms with E-state index >= 15 is 0 Å². The molecule has 0 saturated heterocycles. The van der Waals surface area contributed by atoms with E-state index in [1.165, 1.54) is 6.08 Å². The van der Waals surface area contributed by atoms with E-state index in [0.717, 1.165) is 10.5 Å². The number of thioether (sulfide) groups is 1. The van der Waals surface area contributed by atoms with E-state index in [4.69, 9.17) is 9.47 Å². The largest absolute Gasteiger partial charge is 0.462 e. The van der Waals surface area contributed by atoms with Crippen LogP contribution in [0.25, 0.3) is 6.08 Å². The zero-order chi connectivity index (χ0) is 20.7. The van der Waals surface area contributed by atoms with Gasteiger partial charge in [-0.05, 0) is 50.8 Å². The summed E-state index contributed by atoms with van der Waals surface area (Å²) in [6.45, 7) is 4.81. The minimum Gasteiger partial charge on any atom is -0.462 e. The summed E-state index contributed by atoms with van der Waals surface area (Å²) in [4.78, 5) is 40.7. The standard InChI is InChI=1S/C21H23NO5S/c1-5-26-21(25)20-14(3)22-13(2)19(20)17(23)12-27-18(24)11-8-15-6-9-16(28-4)10-7-15/h6-11,22H,5,12H2,1-4H3/b11-8+. The highest BCUT2D eigenvalue weighted by Crippen LogP contribution is 2.20. The van der Waals surface area contributed by atoms with Crippen LogP contribution in [0.1, 0.15) is 44.6 Å². The number of hydrogen-bond acceptors (Lipinski definition) is 6. The van der Waals surface area contributed by atoms with E-state index in [9.17, 15) is 14.4 Å². The van der Waals surface area contributed by atoms with Crippen LogP contribution in [-0.4, -0.2) is 42.2 Å². The summed E-state index contributed by atoms with van der Waals surface area (Å²) >= 11 is 1.63. The fourth-order valence-electron chi connectivity index (χ4n) is 2.72. The molecular formula is C21H23NO5S. The molecule has 0 aliphatic heterocycles. The van der Waals surface area contributed by atoms with Gasteiger partial charge in [0.25, 0.3) is 0 Å². The third kappa shape index (κ3) is 5.36. The lowest BCUT2D eigenvalue weighted by atomic mass is 10.1. The molecule has 1 heterocycles. The maximum Gasteiger partial charge on any atom is 0.340 e. The summed E-state index contributed by atoms with van der Waals surface area (Å²) < 4.78 is 10.0. The minimum atomic E-state index is -0.634. The molecule has 0 bridgehead atoms. The lowest BCUT2D eigenvalue weighted by Gasteiger charge is -2.06. The Hall–Kier alpha value is -2.80. The van der Waals surface area contributed by atoms with E-state index in [2.05, 4.69) is 4.98 Å². The van der Waals surface area contributed by atoms with Crippen LogP contribution in [0.2, 0.25) is 0 Å². The average molecular weight is 401 g/mol. The predicted molar refractivity (Wildman–Crippen MR) is 109 cm³/mol. The van der Waals surface area contributed by atoms with Gasteiger partial charge in [0, 0.05) is 22.4 Å². The average Bonchev–Trinajstić information content (AvgIpc) is 2.99. The van der Waals surface area contributed by atoms with E-state index in [0.29, 0.717) is 11.4 Å². The first kappa shape index (κ1) is 21.5. The van der Waals surface area contributed by atoms with E-state index < -0.39 is 24.3 Å². The van der Waals surface area contributed by atoms with Crippen LogP contribution in [0.3, 0.4) is 0 Å². The van der Waals surface area contributed by atoms with Gasteiger partial charge in [0.05, 0.1) is 17.7 Å². The van der Waals surface area contributed by atoms with Gasteiger partial charge >= 0.3 is 11.9 Å². The van der Waals surface area contributed by atoms with Gasteiger partial charge in [-0.3, -0.25) is 4.79 Å². The molecule has 7 heteroatoms. The number of ether oxygens (including phenoxy) is 2. The molecule has 148 valence electrons. The van der Waals surface area contributed by atoms with E-state index in [1.807, 2.05) is 30.5 Å². The molecule has 0 atom stereocenters. The van der Waals surface area contributed by atoms with Crippen molar-refractivity contribution in [2.75, 3.05) is 19.5 Å². The summed E-state index contributed by atoms with van der Waals surface area (Å²) in [5, 5.41) is 0. The molecule has 0 aliphatic carbocycles. The summed E-state index contributed by atoms with van der Waals surface area (Å²) in [5.41, 5.74) is 2.30. The maximum absolute atomic E-state index is 12.5. The highest BCUT2D eigenvalue weighted by Gasteiger charge is 2.25. The number of aromatic amines is 1. The molecule has 0 unspecified atom stereocenters. The Labute approximate surface area is 168 Å². The third-order valence-corrected chi connectivity index (χ3v) is 4.75.